The van der Waals surface area contributed by atoms with Gasteiger partial charge in [-0.15, -0.1) is 0 Å². The zero-order valence-corrected chi connectivity index (χ0v) is 11.9. The highest BCUT2D eigenvalue weighted by Crippen LogP contribution is 2.18. The van der Waals surface area contributed by atoms with Gasteiger partial charge in [0.15, 0.2) is 0 Å². The molecule has 0 atom stereocenters. The normalized spacial score (nSPS) is 16.4. The van der Waals surface area contributed by atoms with Crippen molar-refractivity contribution in [1.29, 1.82) is 0 Å². The third kappa shape index (κ3) is 4.23. The Morgan fingerprint density at radius 1 is 1.21 bits per heavy atom. The standard InChI is InChI=1S/C17H23NO/c1-13(2)7-8-14-9-11-15(12-10-14)17(19)18-16-5-3-4-6-16/h7-13,16H,3-6H2,1-2H3,(H,18,19)/b8-7+. The van der Waals surface area contributed by atoms with Gasteiger partial charge in [-0.25, -0.2) is 0 Å². The third-order valence-electron chi connectivity index (χ3n) is 3.54. The van der Waals surface area contributed by atoms with Crippen LogP contribution in [-0.4, -0.2) is 11.9 Å². The fourth-order valence-electron chi connectivity index (χ4n) is 2.39. The van der Waals surface area contributed by atoms with Gasteiger partial charge in [0.25, 0.3) is 5.91 Å². The molecule has 0 aromatic heterocycles. The lowest BCUT2D eigenvalue weighted by Gasteiger charge is -2.11. The summed E-state index contributed by atoms with van der Waals surface area (Å²) in [5.74, 6) is 0.608. The van der Waals surface area contributed by atoms with Crippen LogP contribution in [0.15, 0.2) is 30.3 Å². The number of carbonyl (C=O) groups is 1. The average Bonchev–Trinajstić information content (AvgIpc) is 2.89. The zero-order chi connectivity index (χ0) is 13.7. The molecule has 1 amide bonds. The first-order chi connectivity index (χ1) is 9.15. The number of benzene rings is 1. The molecule has 2 heteroatoms. The fraction of sp³-hybridized carbons (Fsp3) is 0.471. The SMILES string of the molecule is CC(C)/C=C/c1ccc(C(=O)NC2CCCC2)cc1. The van der Waals surface area contributed by atoms with Gasteiger partial charge < -0.3 is 5.32 Å². The van der Waals surface area contributed by atoms with E-state index in [-0.39, 0.29) is 5.91 Å². The lowest BCUT2D eigenvalue weighted by atomic mass is 10.1. The van der Waals surface area contributed by atoms with Crippen molar-refractivity contribution in [2.45, 2.75) is 45.6 Å². The highest BCUT2D eigenvalue weighted by atomic mass is 16.1. The molecule has 1 aromatic rings. The van der Waals surface area contributed by atoms with Gasteiger partial charge in [0.2, 0.25) is 0 Å². The molecule has 0 saturated heterocycles. The van der Waals surface area contributed by atoms with E-state index in [1.54, 1.807) is 0 Å². The Balaban J connectivity index is 1.95. The Hall–Kier alpha value is -1.57. The van der Waals surface area contributed by atoms with Crippen molar-refractivity contribution in [2.24, 2.45) is 5.92 Å². The minimum atomic E-state index is 0.0614. The summed E-state index contributed by atoms with van der Waals surface area (Å²) in [4.78, 5) is 12.0. The second kappa shape index (κ2) is 6.55. The minimum Gasteiger partial charge on any atom is -0.349 e. The summed E-state index contributed by atoms with van der Waals surface area (Å²) in [5, 5.41) is 3.11. The Morgan fingerprint density at radius 2 is 1.84 bits per heavy atom. The van der Waals surface area contributed by atoms with Crippen LogP contribution >= 0.6 is 0 Å². The highest BCUT2D eigenvalue weighted by Gasteiger charge is 2.17. The van der Waals surface area contributed by atoms with Crippen molar-refractivity contribution >= 4 is 12.0 Å². The van der Waals surface area contributed by atoms with Crippen LogP contribution in [0, 0.1) is 5.92 Å². The van der Waals surface area contributed by atoms with Gasteiger partial charge >= 0.3 is 0 Å². The van der Waals surface area contributed by atoms with E-state index in [0.717, 1.165) is 24.0 Å². The van der Waals surface area contributed by atoms with Crippen molar-refractivity contribution in [3.05, 3.63) is 41.5 Å². The van der Waals surface area contributed by atoms with E-state index >= 15 is 0 Å². The maximum atomic E-state index is 12.0. The first kappa shape index (κ1) is 13.9. The van der Waals surface area contributed by atoms with Gasteiger partial charge in [-0.3, -0.25) is 4.79 Å². The summed E-state index contributed by atoms with van der Waals surface area (Å²) in [6.45, 7) is 4.31. The first-order valence-corrected chi connectivity index (χ1v) is 7.24. The van der Waals surface area contributed by atoms with E-state index in [0.29, 0.717) is 12.0 Å². The molecule has 0 radical (unpaired) electrons. The quantitative estimate of drug-likeness (QED) is 0.867. The second-order valence-corrected chi connectivity index (χ2v) is 5.68. The van der Waals surface area contributed by atoms with Gasteiger partial charge in [0.1, 0.15) is 0 Å². The second-order valence-electron chi connectivity index (χ2n) is 5.68. The molecule has 1 fully saturated rings. The molecular weight excluding hydrogens is 234 g/mol. The maximum Gasteiger partial charge on any atom is 0.251 e. The Bertz CT molecular complexity index is 439. The van der Waals surface area contributed by atoms with Crippen LogP contribution in [0.25, 0.3) is 6.08 Å². The fourth-order valence-corrected chi connectivity index (χ4v) is 2.39. The maximum absolute atomic E-state index is 12.0. The van der Waals surface area contributed by atoms with E-state index in [9.17, 15) is 4.79 Å². The van der Waals surface area contributed by atoms with Crippen molar-refractivity contribution < 1.29 is 4.79 Å². The molecular formula is C17H23NO. The van der Waals surface area contributed by atoms with Crippen LogP contribution < -0.4 is 5.32 Å². The van der Waals surface area contributed by atoms with Crippen molar-refractivity contribution in [3.63, 3.8) is 0 Å². The molecule has 2 rings (SSSR count). The Kier molecular flexibility index (Phi) is 4.78. The summed E-state index contributed by atoms with van der Waals surface area (Å²) in [6.07, 6.45) is 8.99. The smallest absolute Gasteiger partial charge is 0.251 e. The van der Waals surface area contributed by atoms with Crippen LogP contribution in [0.1, 0.15) is 55.5 Å². The monoisotopic (exact) mass is 257 g/mol. The molecule has 0 aliphatic heterocycles. The lowest BCUT2D eigenvalue weighted by Crippen LogP contribution is -2.32. The number of carbonyl (C=O) groups excluding carboxylic acids is 1. The molecule has 1 aliphatic carbocycles. The molecule has 0 heterocycles. The number of amides is 1. The summed E-state index contributed by atoms with van der Waals surface area (Å²) in [6, 6.07) is 8.20. The van der Waals surface area contributed by atoms with E-state index in [1.165, 1.54) is 12.8 Å². The minimum absolute atomic E-state index is 0.0614. The molecule has 1 aliphatic rings. The molecule has 1 saturated carbocycles. The Labute approximate surface area is 115 Å². The Morgan fingerprint density at radius 3 is 2.42 bits per heavy atom. The number of hydrogen-bond donors (Lipinski definition) is 1. The molecule has 0 bridgehead atoms. The average molecular weight is 257 g/mol. The van der Waals surface area contributed by atoms with E-state index < -0.39 is 0 Å². The predicted octanol–water partition coefficient (Wildman–Crippen LogP) is 4.03. The topological polar surface area (TPSA) is 29.1 Å². The van der Waals surface area contributed by atoms with Crippen molar-refractivity contribution in [3.8, 4) is 0 Å². The van der Waals surface area contributed by atoms with Gasteiger partial charge in [0.05, 0.1) is 0 Å². The lowest BCUT2D eigenvalue weighted by molar-refractivity contribution is 0.0938. The first-order valence-electron chi connectivity index (χ1n) is 7.24. The van der Waals surface area contributed by atoms with E-state index in [4.69, 9.17) is 0 Å². The van der Waals surface area contributed by atoms with E-state index in [2.05, 4.69) is 31.3 Å². The molecule has 0 spiro atoms. The summed E-state index contributed by atoms with van der Waals surface area (Å²) in [7, 11) is 0. The molecule has 1 aromatic carbocycles. The molecule has 102 valence electrons. The number of rotatable bonds is 4. The largest absolute Gasteiger partial charge is 0.349 e. The van der Waals surface area contributed by atoms with Crippen molar-refractivity contribution in [1.82, 2.24) is 5.32 Å². The zero-order valence-electron chi connectivity index (χ0n) is 11.9. The summed E-state index contributed by atoms with van der Waals surface area (Å²) in [5.41, 5.74) is 1.90. The van der Waals surface area contributed by atoms with Crippen molar-refractivity contribution in [2.75, 3.05) is 0 Å². The number of allylic oxidation sites excluding steroid dienone is 1. The molecule has 2 nitrogen and oxygen atoms in total. The van der Waals surface area contributed by atoms with Gasteiger partial charge in [-0.05, 0) is 36.5 Å². The highest BCUT2D eigenvalue weighted by molar-refractivity contribution is 5.94. The van der Waals surface area contributed by atoms with Crippen LogP contribution in [-0.2, 0) is 0 Å². The van der Waals surface area contributed by atoms with Crippen LogP contribution in [0.3, 0.4) is 0 Å². The van der Waals surface area contributed by atoms with Crippen LogP contribution in [0.5, 0.6) is 0 Å². The molecule has 0 unspecified atom stereocenters. The van der Waals surface area contributed by atoms with Gasteiger partial charge in [-0.2, -0.15) is 0 Å². The number of nitrogens with one attached hydrogen (secondary N) is 1. The molecule has 19 heavy (non-hydrogen) atoms. The predicted molar refractivity (Wildman–Crippen MR) is 80.0 cm³/mol. The van der Waals surface area contributed by atoms with E-state index in [1.807, 2.05) is 24.3 Å². The third-order valence-corrected chi connectivity index (χ3v) is 3.54. The summed E-state index contributed by atoms with van der Waals surface area (Å²) >= 11 is 0. The van der Waals surface area contributed by atoms with Crippen LogP contribution in [0.4, 0.5) is 0 Å². The summed E-state index contributed by atoms with van der Waals surface area (Å²) < 4.78 is 0. The van der Waals surface area contributed by atoms with Gasteiger partial charge in [0, 0.05) is 11.6 Å². The van der Waals surface area contributed by atoms with Gasteiger partial charge in [-0.1, -0.05) is 51.0 Å². The molecule has 1 N–H and O–H groups in total. The van der Waals surface area contributed by atoms with Crippen LogP contribution in [0.2, 0.25) is 0 Å². The number of hydrogen-bond acceptors (Lipinski definition) is 1.